The van der Waals surface area contributed by atoms with Gasteiger partial charge in [-0.1, -0.05) is 51.1 Å². The lowest BCUT2D eigenvalue weighted by molar-refractivity contribution is -0.138. The van der Waals surface area contributed by atoms with Gasteiger partial charge in [0.15, 0.2) is 0 Å². The maximum atomic E-state index is 12.1. The second kappa shape index (κ2) is 8.41. The summed E-state index contributed by atoms with van der Waals surface area (Å²) < 4.78 is 36.4. The van der Waals surface area contributed by atoms with Crippen molar-refractivity contribution in [2.24, 2.45) is 0 Å². The molecule has 1 aromatic carbocycles. The Labute approximate surface area is 112 Å². The summed E-state index contributed by atoms with van der Waals surface area (Å²) in [6, 6.07) is 3.51. The summed E-state index contributed by atoms with van der Waals surface area (Å²) in [4.78, 5) is 0. The summed E-state index contributed by atoms with van der Waals surface area (Å²) in [5.74, 6) is 0. The topological polar surface area (TPSA) is 0 Å². The van der Waals surface area contributed by atoms with Crippen LogP contribution in [0.1, 0.15) is 50.7 Å². The van der Waals surface area contributed by atoms with E-state index in [2.05, 4.69) is 13.8 Å². The SMILES string of the molecule is CCCCCC.Cc1cc(Cl)ccc1C(F)(F)F. The van der Waals surface area contributed by atoms with Gasteiger partial charge in [0.2, 0.25) is 0 Å². The van der Waals surface area contributed by atoms with E-state index in [-0.39, 0.29) is 5.56 Å². The van der Waals surface area contributed by atoms with Gasteiger partial charge in [0.1, 0.15) is 0 Å². The Morgan fingerprint density at radius 2 is 1.56 bits per heavy atom. The Morgan fingerprint density at radius 3 is 1.89 bits per heavy atom. The minimum atomic E-state index is -4.28. The molecule has 18 heavy (non-hydrogen) atoms. The number of aryl methyl sites for hydroxylation is 1. The van der Waals surface area contributed by atoms with Crippen molar-refractivity contribution in [2.75, 3.05) is 0 Å². The first-order valence-corrected chi connectivity index (χ1v) is 6.54. The van der Waals surface area contributed by atoms with Crippen LogP contribution in [0.2, 0.25) is 5.02 Å². The van der Waals surface area contributed by atoms with Crippen molar-refractivity contribution in [3.8, 4) is 0 Å². The van der Waals surface area contributed by atoms with Gasteiger partial charge in [-0.15, -0.1) is 0 Å². The van der Waals surface area contributed by atoms with E-state index in [0.717, 1.165) is 6.07 Å². The van der Waals surface area contributed by atoms with Gasteiger partial charge < -0.3 is 0 Å². The minimum Gasteiger partial charge on any atom is -0.166 e. The molecular weight excluding hydrogens is 261 g/mol. The third-order valence-electron chi connectivity index (χ3n) is 2.45. The Bertz CT molecular complexity index is 341. The van der Waals surface area contributed by atoms with Gasteiger partial charge in [-0.25, -0.2) is 0 Å². The first-order valence-electron chi connectivity index (χ1n) is 6.16. The third kappa shape index (κ3) is 6.90. The molecule has 0 heterocycles. The van der Waals surface area contributed by atoms with Gasteiger partial charge >= 0.3 is 6.18 Å². The minimum absolute atomic E-state index is 0.148. The van der Waals surface area contributed by atoms with E-state index in [1.807, 2.05) is 0 Å². The molecule has 0 unspecified atom stereocenters. The van der Waals surface area contributed by atoms with Gasteiger partial charge in [0, 0.05) is 5.02 Å². The highest BCUT2D eigenvalue weighted by Gasteiger charge is 2.31. The third-order valence-corrected chi connectivity index (χ3v) is 2.69. The first kappa shape index (κ1) is 17.3. The molecule has 0 radical (unpaired) electrons. The van der Waals surface area contributed by atoms with Crippen LogP contribution in [-0.2, 0) is 6.18 Å². The molecule has 0 aliphatic carbocycles. The van der Waals surface area contributed by atoms with Crippen LogP contribution < -0.4 is 0 Å². The van der Waals surface area contributed by atoms with Crippen LogP contribution in [0.15, 0.2) is 18.2 Å². The van der Waals surface area contributed by atoms with Crippen LogP contribution in [-0.4, -0.2) is 0 Å². The molecule has 0 atom stereocenters. The number of unbranched alkanes of at least 4 members (excludes halogenated alkanes) is 3. The molecule has 0 spiro atoms. The Hall–Kier alpha value is -0.700. The average Bonchev–Trinajstić information content (AvgIpc) is 2.25. The van der Waals surface area contributed by atoms with E-state index in [0.29, 0.717) is 5.02 Å². The van der Waals surface area contributed by atoms with Crippen molar-refractivity contribution >= 4 is 11.6 Å². The monoisotopic (exact) mass is 280 g/mol. The van der Waals surface area contributed by atoms with Crippen LogP contribution in [0.3, 0.4) is 0 Å². The Kier molecular flexibility index (Phi) is 8.08. The zero-order valence-electron chi connectivity index (χ0n) is 11.1. The van der Waals surface area contributed by atoms with E-state index in [1.54, 1.807) is 0 Å². The van der Waals surface area contributed by atoms with Crippen molar-refractivity contribution in [3.63, 3.8) is 0 Å². The summed E-state index contributed by atoms with van der Waals surface area (Å²) in [6.45, 7) is 5.85. The molecule has 0 aliphatic heterocycles. The van der Waals surface area contributed by atoms with Gasteiger partial charge in [0.25, 0.3) is 0 Å². The molecule has 4 heteroatoms. The van der Waals surface area contributed by atoms with Crippen LogP contribution in [0.4, 0.5) is 13.2 Å². The van der Waals surface area contributed by atoms with Crippen LogP contribution >= 0.6 is 11.6 Å². The molecule has 0 nitrogen and oxygen atoms in total. The number of rotatable bonds is 3. The lowest BCUT2D eigenvalue weighted by Crippen LogP contribution is -2.06. The van der Waals surface area contributed by atoms with Crippen molar-refractivity contribution in [2.45, 2.75) is 52.6 Å². The molecule has 0 saturated carbocycles. The van der Waals surface area contributed by atoms with Crippen molar-refractivity contribution < 1.29 is 13.2 Å². The van der Waals surface area contributed by atoms with E-state index >= 15 is 0 Å². The fraction of sp³-hybridized carbons (Fsp3) is 0.571. The molecule has 0 aromatic heterocycles. The van der Waals surface area contributed by atoms with E-state index in [9.17, 15) is 13.2 Å². The summed E-state index contributed by atoms with van der Waals surface area (Å²) in [6.07, 6.45) is 1.25. The number of alkyl halides is 3. The van der Waals surface area contributed by atoms with E-state index < -0.39 is 11.7 Å². The van der Waals surface area contributed by atoms with Gasteiger partial charge in [-0.3, -0.25) is 0 Å². The van der Waals surface area contributed by atoms with E-state index in [4.69, 9.17) is 11.6 Å². The van der Waals surface area contributed by atoms with Crippen molar-refractivity contribution in [1.82, 2.24) is 0 Å². The zero-order valence-corrected chi connectivity index (χ0v) is 11.8. The smallest absolute Gasteiger partial charge is 0.166 e. The fourth-order valence-electron chi connectivity index (χ4n) is 1.45. The number of halogens is 4. The summed E-state index contributed by atoms with van der Waals surface area (Å²) in [5, 5.41) is 0.320. The normalized spacial score (nSPS) is 10.8. The quantitative estimate of drug-likeness (QED) is 0.574. The van der Waals surface area contributed by atoms with Gasteiger partial charge in [0.05, 0.1) is 5.56 Å². The summed E-state index contributed by atoms with van der Waals surface area (Å²) in [5.41, 5.74) is -0.484. The molecule has 104 valence electrons. The van der Waals surface area contributed by atoms with E-state index in [1.165, 1.54) is 44.7 Å². The predicted octanol–water partition coefficient (Wildman–Crippen LogP) is 6.25. The molecular formula is C14H20ClF3. The van der Waals surface area contributed by atoms with Crippen LogP contribution in [0, 0.1) is 6.92 Å². The summed E-state index contributed by atoms with van der Waals surface area (Å²) in [7, 11) is 0. The zero-order chi connectivity index (χ0) is 14.2. The maximum absolute atomic E-state index is 12.1. The van der Waals surface area contributed by atoms with Crippen molar-refractivity contribution in [3.05, 3.63) is 34.3 Å². The highest BCUT2D eigenvalue weighted by Crippen LogP contribution is 2.32. The molecule has 0 fully saturated rings. The molecule has 0 N–H and O–H groups in total. The molecule has 1 aromatic rings. The largest absolute Gasteiger partial charge is 0.416 e. The van der Waals surface area contributed by atoms with Gasteiger partial charge in [-0.05, 0) is 30.7 Å². The average molecular weight is 281 g/mol. The maximum Gasteiger partial charge on any atom is 0.416 e. The van der Waals surface area contributed by atoms with Crippen LogP contribution in [0.5, 0.6) is 0 Å². The van der Waals surface area contributed by atoms with Crippen molar-refractivity contribution in [1.29, 1.82) is 0 Å². The van der Waals surface area contributed by atoms with Gasteiger partial charge in [-0.2, -0.15) is 13.2 Å². The highest BCUT2D eigenvalue weighted by molar-refractivity contribution is 6.30. The predicted molar refractivity (Wildman–Crippen MR) is 71.0 cm³/mol. The molecule has 0 bridgehead atoms. The second-order valence-electron chi connectivity index (χ2n) is 4.16. The second-order valence-corrected chi connectivity index (χ2v) is 4.60. The Balaban J connectivity index is 0.000000411. The molecule has 0 amide bonds. The Morgan fingerprint density at radius 1 is 1.06 bits per heavy atom. The number of hydrogen-bond donors (Lipinski definition) is 0. The van der Waals surface area contributed by atoms with Crippen LogP contribution in [0.25, 0.3) is 0 Å². The number of benzene rings is 1. The fourth-order valence-corrected chi connectivity index (χ4v) is 1.67. The summed E-state index contributed by atoms with van der Waals surface area (Å²) >= 11 is 5.50. The molecule has 0 saturated heterocycles. The highest BCUT2D eigenvalue weighted by atomic mass is 35.5. The molecule has 0 aliphatic rings. The standard InChI is InChI=1S/C8H6ClF3.C6H14/c1-5-4-6(9)2-3-7(5)8(10,11)12;1-3-5-6-4-2/h2-4H,1H3;3-6H2,1-2H3. The molecule has 1 rings (SSSR count). The first-order chi connectivity index (χ1) is 8.32. The lowest BCUT2D eigenvalue weighted by atomic mass is 10.1. The lowest BCUT2D eigenvalue weighted by Gasteiger charge is -2.09. The number of hydrogen-bond acceptors (Lipinski definition) is 0.